The van der Waals surface area contributed by atoms with Gasteiger partial charge < -0.3 is 5.32 Å². The highest BCUT2D eigenvalue weighted by atomic mass is 32.1. The van der Waals surface area contributed by atoms with Crippen LogP contribution in [0.1, 0.15) is 15.2 Å². The van der Waals surface area contributed by atoms with E-state index < -0.39 is 0 Å². The summed E-state index contributed by atoms with van der Waals surface area (Å²) in [5.41, 5.74) is 2.68. The number of hydrogen-bond acceptors (Lipinski definition) is 4. The van der Waals surface area contributed by atoms with Crippen LogP contribution in [0.25, 0.3) is 21.3 Å². The van der Waals surface area contributed by atoms with Gasteiger partial charge in [0, 0.05) is 35.4 Å². The molecule has 0 aliphatic carbocycles. The van der Waals surface area contributed by atoms with Gasteiger partial charge >= 0.3 is 0 Å². The third-order valence-corrected chi connectivity index (χ3v) is 5.05. The molecule has 0 bridgehead atoms. The summed E-state index contributed by atoms with van der Waals surface area (Å²) < 4.78 is 14.2. The molecule has 0 unspecified atom stereocenters. The molecule has 4 aromatic rings. The van der Waals surface area contributed by atoms with Crippen molar-refractivity contribution in [2.75, 3.05) is 0 Å². The lowest BCUT2D eigenvalue weighted by atomic mass is 10.1. The van der Waals surface area contributed by atoms with E-state index in [-0.39, 0.29) is 11.7 Å². The summed E-state index contributed by atoms with van der Waals surface area (Å²) in [5, 5.41) is 3.61. The zero-order chi connectivity index (χ0) is 17.9. The van der Waals surface area contributed by atoms with E-state index in [4.69, 9.17) is 0 Å². The molecule has 1 N–H and O–H groups in total. The van der Waals surface area contributed by atoms with E-state index in [1.165, 1.54) is 23.5 Å². The summed E-state index contributed by atoms with van der Waals surface area (Å²) in [7, 11) is 0. The molecule has 0 fully saturated rings. The van der Waals surface area contributed by atoms with Crippen molar-refractivity contribution in [3.63, 3.8) is 0 Å². The van der Waals surface area contributed by atoms with E-state index in [1.807, 2.05) is 24.3 Å². The molecule has 3 heterocycles. The lowest BCUT2D eigenvalue weighted by Gasteiger charge is -2.05. The Kier molecular flexibility index (Phi) is 4.41. The quantitative estimate of drug-likeness (QED) is 0.584. The molecule has 128 valence electrons. The number of halogens is 1. The van der Waals surface area contributed by atoms with Gasteiger partial charge in [-0.2, -0.15) is 0 Å². The summed E-state index contributed by atoms with van der Waals surface area (Å²) in [4.78, 5) is 21.4. The fourth-order valence-electron chi connectivity index (χ4n) is 2.61. The molecule has 0 atom stereocenters. The predicted molar refractivity (Wildman–Crippen MR) is 100 cm³/mol. The van der Waals surface area contributed by atoms with Gasteiger partial charge in [0.25, 0.3) is 5.91 Å². The minimum absolute atomic E-state index is 0.178. The predicted octanol–water partition coefficient (Wildman–Crippen LogP) is 4.43. The first-order valence-corrected chi connectivity index (χ1v) is 8.83. The van der Waals surface area contributed by atoms with Crippen LogP contribution in [0, 0.1) is 5.82 Å². The van der Waals surface area contributed by atoms with Crippen LogP contribution in [-0.4, -0.2) is 15.9 Å². The first-order valence-electron chi connectivity index (χ1n) is 8.02. The first-order chi connectivity index (χ1) is 12.7. The van der Waals surface area contributed by atoms with Crippen LogP contribution in [0.3, 0.4) is 0 Å². The van der Waals surface area contributed by atoms with Gasteiger partial charge in [0.05, 0.1) is 10.6 Å². The van der Waals surface area contributed by atoms with E-state index >= 15 is 0 Å². The van der Waals surface area contributed by atoms with Crippen LogP contribution in [-0.2, 0) is 6.54 Å². The third kappa shape index (κ3) is 3.45. The van der Waals surface area contributed by atoms with E-state index in [0.29, 0.717) is 11.4 Å². The molecule has 1 amide bonds. The Morgan fingerprint density at radius 3 is 2.81 bits per heavy atom. The van der Waals surface area contributed by atoms with Gasteiger partial charge in [0.2, 0.25) is 0 Å². The number of pyridine rings is 2. The fourth-order valence-corrected chi connectivity index (χ4v) is 3.57. The molecule has 4 nitrogen and oxygen atoms in total. The van der Waals surface area contributed by atoms with Crippen molar-refractivity contribution in [1.82, 2.24) is 15.3 Å². The highest BCUT2D eigenvalue weighted by Crippen LogP contribution is 2.26. The number of aromatic nitrogens is 2. The van der Waals surface area contributed by atoms with Crippen LogP contribution in [0.5, 0.6) is 0 Å². The monoisotopic (exact) mass is 363 g/mol. The Balaban J connectivity index is 1.43. The second-order valence-electron chi connectivity index (χ2n) is 5.77. The SMILES string of the molecule is O=C(NCc1ccc(-c2cccnc2)nc1)c1cc2cc(F)ccc2s1. The number of nitrogens with one attached hydrogen (secondary N) is 1. The van der Waals surface area contributed by atoms with Crippen molar-refractivity contribution < 1.29 is 9.18 Å². The molecule has 0 aliphatic rings. The summed E-state index contributed by atoms with van der Waals surface area (Å²) >= 11 is 1.35. The summed E-state index contributed by atoms with van der Waals surface area (Å²) in [6.07, 6.45) is 5.22. The number of carbonyl (C=O) groups excluding carboxylic acids is 1. The second-order valence-corrected chi connectivity index (χ2v) is 6.85. The Morgan fingerprint density at radius 1 is 1.12 bits per heavy atom. The zero-order valence-corrected chi connectivity index (χ0v) is 14.5. The fraction of sp³-hybridized carbons (Fsp3) is 0.0500. The molecule has 6 heteroatoms. The molecule has 4 rings (SSSR count). The first kappa shape index (κ1) is 16.4. The minimum atomic E-state index is -0.304. The van der Waals surface area contributed by atoms with E-state index in [2.05, 4.69) is 15.3 Å². The minimum Gasteiger partial charge on any atom is -0.347 e. The van der Waals surface area contributed by atoms with Crippen molar-refractivity contribution in [3.8, 4) is 11.3 Å². The smallest absolute Gasteiger partial charge is 0.261 e. The second kappa shape index (κ2) is 7.01. The lowest BCUT2D eigenvalue weighted by Crippen LogP contribution is -2.21. The van der Waals surface area contributed by atoms with Gasteiger partial charge in [0.15, 0.2) is 0 Å². The van der Waals surface area contributed by atoms with Crippen LogP contribution in [0.4, 0.5) is 4.39 Å². The Labute approximate surface area is 153 Å². The van der Waals surface area contributed by atoms with Gasteiger partial charge in [-0.05, 0) is 53.4 Å². The molecule has 0 saturated heterocycles. The molecule has 26 heavy (non-hydrogen) atoms. The van der Waals surface area contributed by atoms with Crippen molar-refractivity contribution in [2.24, 2.45) is 0 Å². The molecule has 0 saturated carbocycles. The normalized spacial score (nSPS) is 10.8. The highest BCUT2D eigenvalue weighted by molar-refractivity contribution is 7.20. The number of benzene rings is 1. The van der Waals surface area contributed by atoms with Crippen LogP contribution < -0.4 is 5.32 Å². The number of rotatable bonds is 4. The maximum Gasteiger partial charge on any atom is 0.261 e. The van der Waals surface area contributed by atoms with Gasteiger partial charge in [0.1, 0.15) is 5.82 Å². The lowest BCUT2D eigenvalue weighted by molar-refractivity contribution is 0.0955. The molecular formula is C20H14FN3OS. The molecule has 3 aromatic heterocycles. The topological polar surface area (TPSA) is 54.9 Å². The summed E-state index contributed by atoms with van der Waals surface area (Å²) in [6, 6.07) is 13.9. The summed E-state index contributed by atoms with van der Waals surface area (Å²) in [5.74, 6) is -0.481. The van der Waals surface area contributed by atoms with Gasteiger partial charge in [-0.1, -0.05) is 6.07 Å². The number of amides is 1. The number of thiophene rings is 1. The van der Waals surface area contributed by atoms with E-state index in [0.717, 1.165) is 26.9 Å². The largest absolute Gasteiger partial charge is 0.347 e. The van der Waals surface area contributed by atoms with Crippen LogP contribution in [0.2, 0.25) is 0 Å². The Bertz CT molecular complexity index is 1060. The average molecular weight is 363 g/mol. The van der Waals surface area contributed by atoms with Crippen molar-refractivity contribution in [1.29, 1.82) is 0 Å². The standard InChI is InChI=1S/C20H14FN3OS/c21-16-4-6-18-15(8-16)9-19(26-18)20(25)24-11-13-3-5-17(23-10-13)14-2-1-7-22-12-14/h1-10,12H,11H2,(H,24,25). The van der Waals surface area contributed by atoms with Gasteiger partial charge in [-0.25, -0.2) is 4.39 Å². The average Bonchev–Trinajstić information content (AvgIpc) is 3.10. The number of hydrogen-bond donors (Lipinski definition) is 1. The van der Waals surface area contributed by atoms with Crippen molar-refractivity contribution in [2.45, 2.75) is 6.54 Å². The maximum atomic E-state index is 13.3. The number of fused-ring (bicyclic) bond motifs is 1. The van der Waals surface area contributed by atoms with Gasteiger partial charge in [-0.3, -0.25) is 14.8 Å². The highest BCUT2D eigenvalue weighted by Gasteiger charge is 2.11. The maximum absolute atomic E-state index is 13.3. The van der Waals surface area contributed by atoms with Crippen LogP contribution in [0.15, 0.2) is 67.1 Å². The van der Waals surface area contributed by atoms with Gasteiger partial charge in [-0.15, -0.1) is 11.3 Å². The summed E-state index contributed by atoms with van der Waals surface area (Å²) in [6.45, 7) is 0.377. The zero-order valence-electron chi connectivity index (χ0n) is 13.6. The Hall–Kier alpha value is -3.12. The van der Waals surface area contributed by atoms with Crippen LogP contribution >= 0.6 is 11.3 Å². The number of carbonyl (C=O) groups is 1. The van der Waals surface area contributed by atoms with Crippen molar-refractivity contribution >= 4 is 27.3 Å². The molecule has 0 spiro atoms. The van der Waals surface area contributed by atoms with E-state index in [1.54, 1.807) is 30.7 Å². The molecule has 1 aromatic carbocycles. The van der Waals surface area contributed by atoms with Crippen molar-refractivity contribution in [3.05, 3.63) is 83.4 Å². The Morgan fingerprint density at radius 2 is 2.04 bits per heavy atom. The third-order valence-electron chi connectivity index (χ3n) is 3.94. The molecule has 0 radical (unpaired) electrons. The molecular weight excluding hydrogens is 349 g/mol. The molecule has 0 aliphatic heterocycles. The number of nitrogens with zero attached hydrogens (tertiary/aromatic N) is 2. The van der Waals surface area contributed by atoms with E-state index in [9.17, 15) is 9.18 Å².